The quantitative estimate of drug-likeness (QED) is 0.174. The predicted molar refractivity (Wildman–Crippen MR) is 119 cm³/mol. The topological polar surface area (TPSA) is 67.8 Å². The molecule has 1 unspecified atom stereocenters. The molecule has 1 aromatic rings. The number of rotatable bonds is 20. The van der Waals surface area contributed by atoms with E-state index in [-0.39, 0.29) is 42.1 Å². The Labute approximate surface area is 210 Å². The molecule has 6 heteroatoms. The maximum Gasteiger partial charge on any atom is 1.00 e. The van der Waals surface area contributed by atoms with Gasteiger partial charge in [0.25, 0.3) is 0 Å². The van der Waals surface area contributed by atoms with Crippen LogP contribution in [0.1, 0.15) is 70.3 Å². The third kappa shape index (κ3) is 17.4. The van der Waals surface area contributed by atoms with E-state index >= 15 is 0 Å². The summed E-state index contributed by atoms with van der Waals surface area (Å²) in [6, 6.07) is 8.32. The molecule has 5 nitrogen and oxygen atoms in total. The number of hydrogen-bond acceptors (Lipinski definition) is 5. The molecule has 0 fully saturated rings. The molecule has 0 aliphatic carbocycles. The van der Waals surface area contributed by atoms with Crippen molar-refractivity contribution in [3.05, 3.63) is 42.5 Å². The van der Waals surface area contributed by atoms with Crippen LogP contribution in [0.2, 0.25) is 0 Å². The summed E-state index contributed by atoms with van der Waals surface area (Å²) in [6.07, 6.45) is 11.2. The van der Waals surface area contributed by atoms with Crippen molar-refractivity contribution in [2.75, 3.05) is 26.4 Å². The van der Waals surface area contributed by atoms with Gasteiger partial charge < -0.3 is 24.1 Å². The van der Waals surface area contributed by atoms with E-state index in [2.05, 4.69) is 25.6 Å². The van der Waals surface area contributed by atoms with Crippen molar-refractivity contribution in [3.8, 4) is 5.75 Å². The fraction of sp³-hybridized carbons (Fsp3) is 0.640. The first-order valence-corrected chi connectivity index (χ1v) is 11.4. The molecule has 0 saturated carbocycles. The SMILES string of the molecule is C=CCOCC(COc1ccc(CCCCCC)cc1)OCCCCCCC(=O)[O-].[Na+]. The van der Waals surface area contributed by atoms with Gasteiger partial charge in [0.15, 0.2) is 0 Å². The van der Waals surface area contributed by atoms with E-state index < -0.39 is 5.97 Å². The van der Waals surface area contributed by atoms with Crippen LogP contribution >= 0.6 is 0 Å². The average Bonchev–Trinajstić information content (AvgIpc) is 2.74. The second-order valence-electron chi connectivity index (χ2n) is 7.62. The van der Waals surface area contributed by atoms with E-state index in [1.54, 1.807) is 6.08 Å². The van der Waals surface area contributed by atoms with Crippen molar-refractivity contribution < 1.29 is 53.7 Å². The normalized spacial score (nSPS) is 11.5. The molecule has 0 radical (unpaired) electrons. The fourth-order valence-electron chi connectivity index (χ4n) is 3.10. The Morgan fingerprint density at radius 2 is 1.74 bits per heavy atom. The van der Waals surface area contributed by atoms with E-state index in [1.807, 2.05) is 12.1 Å². The standard InChI is InChI=1S/C25H40O5.Na/c1-3-5-6-9-12-22-14-16-23(17-15-22)30-21-24(20-28-18-4-2)29-19-11-8-7-10-13-25(26)27;/h4,14-17,24H,2-3,5-13,18-21H2,1H3,(H,26,27);/q;+1/p-1. The first-order valence-electron chi connectivity index (χ1n) is 11.4. The first kappa shape index (κ1) is 30.1. The number of benzene rings is 1. The minimum atomic E-state index is -0.979. The summed E-state index contributed by atoms with van der Waals surface area (Å²) in [5.74, 6) is -0.140. The maximum absolute atomic E-state index is 10.4. The molecule has 170 valence electrons. The van der Waals surface area contributed by atoms with Crippen LogP contribution in [0.25, 0.3) is 0 Å². The van der Waals surface area contributed by atoms with E-state index in [9.17, 15) is 9.90 Å². The zero-order valence-electron chi connectivity index (χ0n) is 19.6. The van der Waals surface area contributed by atoms with Crippen LogP contribution in [0.15, 0.2) is 36.9 Å². The Morgan fingerprint density at radius 3 is 2.42 bits per heavy atom. The van der Waals surface area contributed by atoms with Crippen molar-refractivity contribution in [1.29, 1.82) is 0 Å². The monoisotopic (exact) mass is 442 g/mol. The van der Waals surface area contributed by atoms with Gasteiger partial charge in [0.2, 0.25) is 0 Å². The largest absolute Gasteiger partial charge is 1.00 e. The molecule has 0 saturated heterocycles. The summed E-state index contributed by atoms with van der Waals surface area (Å²) in [4.78, 5) is 10.4. The van der Waals surface area contributed by atoms with E-state index in [0.717, 1.165) is 31.4 Å². The Morgan fingerprint density at radius 1 is 1.03 bits per heavy atom. The summed E-state index contributed by atoms with van der Waals surface area (Å²) in [5, 5.41) is 10.4. The maximum atomic E-state index is 10.4. The van der Waals surface area contributed by atoms with Gasteiger partial charge in [-0.1, -0.05) is 57.2 Å². The molecule has 0 spiro atoms. The molecular formula is C25H39NaO5. The van der Waals surface area contributed by atoms with Crippen LogP contribution in [0, 0.1) is 0 Å². The Hall–Kier alpha value is -0.850. The summed E-state index contributed by atoms with van der Waals surface area (Å²) in [6.45, 7) is 7.86. The van der Waals surface area contributed by atoms with Gasteiger partial charge in [-0.25, -0.2) is 0 Å². The van der Waals surface area contributed by atoms with Crippen LogP contribution in [-0.4, -0.2) is 38.5 Å². The second kappa shape index (κ2) is 21.0. The van der Waals surface area contributed by atoms with Crippen molar-refractivity contribution in [3.63, 3.8) is 0 Å². The minimum absolute atomic E-state index is 0. The van der Waals surface area contributed by atoms with Crippen molar-refractivity contribution in [1.82, 2.24) is 0 Å². The van der Waals surface area contributed by atoms with Crippen LogP contribution in [-0.2, 0) is 20.7 Å². The molecule has 0 heterocycles. The molecule has 0 amide bonds. The molecule has 0 aliphatic rings. The number of unbranched alkanes of at least 4 members (excludes halogenated alkanes) is 6. The molecule has 0 N–H and O–H groups in total. The van der Waals surface area contributed by atoms with Gasteiger partial charge in [-0.3, -0.25) is 0 Å². The van der Waals surface area contributed by atoms with Gasteiger partial charge in [-0.2, -0.15) is 0 Å². The fourth-order valence-corrected chi connectivity index (χ4v) is 3.10. The number of carboxylic acid groups (broad SMARTS) is 1. The van der Waals surface area contributed by atoms with Gasteiger partial charge >= 0.3 is 29.6 Å². The summed E-state index contributed by atoms with van der Waals surface area (Å²) >= 11 is 0. The zero-order valence-corrected chi connectivity index (χ0v) is 21.6. The average molecular weight is 443 g/mol. The summed E-state index contributed by atoms with van der Waals surface area (Å²) < 4.78 is 17.4. The molecule has 0 aliphatic heterocycles. The molecule has 31 heavy (non-hydrogen) atoms. The molecule has 1 rings (SSSR count). The van der Waals surface area contributed by atoms with Crippen molar-refractivity contribution >= 4 is 5.97 Å². The molecule has 0 aromatic heterocycles. The van der Waals surface area contributed by atoms with E-state index in [0.29, 0.717) is 32.8 Å². The van der Waals surface area contributed by atoms with Crippen molar-refractivity contribution in [2.45, 2.75) is 77.2 Å². The summed E-state index contributed by atoms with van der Waals surface area (Å²) in [5.41, 5.74) is 1.35. The number of hydrogen-bond donors (Lipinski definition) is 0. The van der Waals surface area contributed by atoms with E-state index in [4.69, 9.17) is 14.2 Å². The smallest absolute Gasteiger partial charge is 0.550 e. The van der Waals surface area contributed by atoms with Crippen LogP contribution in [0.5, 0.6) is 5.75 Å². The zero-order chi connectivity index (χ0) is 21.9. The Balaban J connectivity index is 0.00000900. The van der Waals surface area contributed by atoms with Crippen LogP contribution < -0.4 is 39.4 Å². The second-order valence-corrected chi connectivity index (χ2v) is 7.62. The molecule has 0 bridgehead atoms. The summed E-state index contributed by atoms with van der Waals surface area (Å²) in [7, 11) is 0. The number of carboxylic acids is 1. The molecule has 1 aromatic carbocycles. The number of carbonyl (C=O) groups excluding carboxylic acids is 1. The van der Waals surface area contributed by atoms with Gasteiger partial charge in [0, 0.05) is 12.6 Å². The number of ether oxygens (including phenoxy) is 3. The Bertz CT molecular complexity index is 562. The molecular weight excluding hydrogens is 403 g/mol. The van der Waals surface area contributed by atoms with E-state index in [1.165, 1.54) is 31.2 Å². The van der Waals surface area contributed by atoms with Crippen LogP contribution in [0.4, 0.5) is 0 Å². The number of aliphatic carboxylic acids is 1. The third-order valence-electron chi connectivity index (χ3n) is 4.85. The van der Waals surface area contributed by atoms with Gasteiger partial charge in [-0.15, -0.1) is 6.58 Å². The Kier molecular flexibility index (Phi) is 20.4. The number of carbonyl (C=O) groups is 1. The van der Waals surface area contributed by atoms with Crippen LogP contribution in [0.3, 0.4) is 0 Å². The third-order valence-corrected chi connectivity index (χ3v) is 4.85. The molecule has 1 atom stereocenters. The first-order chi connectivity index (χ1) is 14.7. The van der Waals surface area contributed by atoms with Crippen molar-refractivity contribution in [2.24, 2.45) is 0 Å². The minimum Gasteiger partial charge on any atom is -0.550 e. The van der Waals surface area contributed by atoms with Gasteiger partial charge in [0.1, 0.15) is 18.5 Å². The number of aryl methyl sites for hydroxylation is 1. The van der Waals surface area contributed by atoms with Gasteiger partial charge in [-0.05, 0) is 49.8 Å². The van der Waals surface area contributed by atoms with Gasteiger partial charge in [0.05, 0.1) is 13.2 Å². The predicted octanol–water partition coefficient (Wildman–Crippen LogP) is 1.48.